The van der Waals surface area contributed by atoms with E-state index in [1.54, 1.807) is 0 Å². The minimum absolute atomic E-state index is 0.635. The Bertz CT molecular complexity index is 310. The van der Waals surface area contributed by atoms with Gasteiger partial charge in [0.2, 0.25) is 6.43 Å². The summed E-state index contributed by atoms with van der Waals surface area (Å²) < 4.78 is 25.5. The van der Waals surface area contributed by atoms with E-state index in [0.29, 0.717) is 12.8 Å². The molecule has 1 saturated carbocycles. The quantitative estimate of drug-likeness (QED) is 0.693. The number of hydrogen-bond acceptors (Lipinski definition) is 0. The zero-order valence-electron chi connectivity index (χ0n) is 8.26. The third-order valence-corrected chi connectivity index (χ3v) is 3.14. The molecular weight excluding hydrogens is 182 g/mol. The second-order valence-electron chi connectivity index (χ2n) is 4.01. The van der Waals surface area contributed by atoms with Gasteiger partial charge in [-0.25, -0.2) is 8.78 Å². The van der Waals surface area contributed by atoms with Crippen LogP contribution in [0.2, 0.25) is 0 Å². The van der Waals surface area contributed by atoms with E-state index in [1.807, 2.05) is 24.3 Å². The highest BCUT2D eigenvalue weighted by molar-refractivity contribution is 5.34. The number of aryl methyl sites for hydroxylation is 1. The lowest BCUT2D eigenvalue weighted by atomic mass is 9.95. The van der Waals surface area contributed by atoms with Crippen molar-refractivity contribution >= 4 is 0 Å². The Kier molecular flexibility index (Phi) is 2.30. The molecule has 2 heteroatoms. The van der Waals surface area contributed by atoms with Crippen LogP contribution < -0.4 is 0 Å². The van der Waals surface area contributed by atoms with Crippen molar-refractivity contribution in [1.82, 2.24) is 0 Å². The summed E-state index contributed by atoms with van der Waals surface area (Å²) in [5, 5.41) is 0. The van der Waals surface area contributed by atoms with Crippen molar-refractivity contribution in [1.29, 1.82) is 0 Å². The van der Waals surface area contributed by atoms with Gasteiger partial charge in [0, 0.05) is 0 Å². The van der Waals surface area contributed by atoms with Gasteiger partial charge in [-0.1, -0.05) is 31.2 Å². The molecule has 0 nitrogen and oxygen atoms in total. The van der Waals surface area contributed by atoms with Gasteiger partial charge in [0.05, 0.1) is 5.41 Å². The van der Waals surface area contributed by atoms with Crippen LogP contribution in [-0.2, 0) is 11.8 Å². The number of benzene rings is 1. The van der Waals surface area contributed by atoms with Gasteiger partial charge < -0.3 is 0 Å². The molecule has 14 heavy (non-hydrogen) atoms. The molecule has 1 aliphatic carbocycles. The fourth-order valence-electron chi connectivity index (χ4n) is 1.84. The zero-order chi connectivity index (χ0) is 10.2. The molecule has 76 valence electrons. The molecule has 0 aliphatic heterocycles. The molecule has 0 heterocycles. The monoisotopic (exact) mass is 196 g/mol. The number of alkyl halides is 2. The maximum absolute atomic E-state index is 12.7. The van der Waals surface area contributed by atoms with E-state index in [-0.39, 0.29) is 0 Å². The van der Waals surface area contributed by atoms with Crippen LogP contribution in [0, 0.1) is 0 Å². The van der Waals surface area contributed by atoms with E-state index in [4.69, 9.17) is 0 Å². The summed E-state index contributed by atoms with van der Waals surface area (Å²) in [6.07, 6.45) is 0.0174. The number of rotatable bonds is 3. The molecule has 1 aromatic carbocycles. The van der Waals surface area contributed by atoms with Crippen LogP contribution >= 0.6 is 0 Å². The first-order valence-electron chi connectivity index (χ1n) is 5.06. The van der Waals surface area contributed by atoms with E-state index in [1.165, 1.54) is 5.56 Å². The molecule has 1 fully saturated rings. The first-order valence-corrected chi connectivity index (χ1v) is 5.06. The minimum Gasteiger partial charge on any atom is -0.210 e. The Hall–Kier alpha value is -0.920. The molecule has 0 bridgehead atoms. The first kappa shape index (κ1) is 9.63. The normalized spacial score (nSPS) is 18.6. The Morgan fingerprint density at radius 2 is 1.79 bits per heavy atom. The average Bonchev–Trinajstić information content (AvgIpc) is 2.99. The number of hydrogen-bond donors (Lipinski definition) is 0. The molecule has 0 unspecified atom stereocenters. The van der Waals surface area contributed by atoms with E-state index < -0.39 is 11.8 Å². The summed E-state index contributed by atoms with van der Waals surface area (Å²) in [4.78, 5) is 0. The number of halogens is 2. The maximum atomic E-state index is 12.7. The molecule has 0 amide bonds. The molecule has 1 aromatic rings. The highest BCUT2D eigenvalue weighted by atomic mass is 19.3. The molecule has 0 atom stereocenters. The van der Waals surface area contributed by atoms with Crippen molar-refractivity contribution in [3.63, 3.8) is 0 Å². The smallest absolute Gasteiger partial charge is 0.210 e. The molecule has 0 aromatic heterocycles. The Morgan fingerprint density at radius 3 is 2.14 bits per heavy atom. The molecule has 0 N–H and O–H groups in total. The zero-order valence-corrected chi connectivity index (χ0v) is 8.26. The molecule has 0 spiro atoms. The predicted octanol–water partition coefficient (Wildman–Crippen LogP) is 3.55. The van der Waals surface area contributed by atoms with Gasteiger partial charge in [-0.2, -0.15) is 0 Å². The van der Waals surface area contributed by atoms with Gasteiger partial charge >= 0.3 is 0 Å². The third-order valence-electron chi connectivity index (χ3n) is 3.14. The average molecular weight is 196 g/mol. The van der Waals surface area contributed by atoms with Crippen molar-refractivity contribution in [3.05, 3.63) is 35.4 Å². The fraction of sp³-hybridized carbons (Fsp3) is 0.500. The molecule has 1 aliphatic rings. The van der Waals surface area contributed by atoms with Gasteiger partial charge in [-0.15, -0.1) is 0 Å². The Labute approximate surface area is 82.9 Å². The summed E-state index contributed by atoms with van der Waals surface area (Å²) in [5.74, 6) is 0. The van der Waals surface area contributed by atoms with Crippen molar-refractivity contribution in [2.24, 2.45) is 0 Å². The summed E-state index contributed by atoms with van der Waals surface area (Å²) in [6.45, 7) is 2.06. The van der Waals surface area contributed by atoms with Crippen molar-refractivity contribution in [2.75, 3.05) is 0 Å². The van der Waals surface area contributed by atoms with Crippen LogP contribution in [0.25, 0.3) is 0 Å². The van der Waals surface area contributed by atoms with Crippen LogP contribution in [0.15, 0.2) is 24.3 Å². The van der Waals surface area contributed by atoms with Gasteiger partial charge in [-0.3, -0.25) is 0 Å². The molecule has 2 rings (SSSR count). The SMILES string of the molecule is CCc1ccc(C2(C(F)F)CC2)cc1. The summed E-state index contributed by atoms with van der Waals surface area (Å²) in [7, 11) is 0. The highest BCUT2D eigenvalue weighted by Crippen LogP contribution is 2.52. The van der Waals surface area contributed by atoms with Gasteiger partial charge in [-0.05, 0) is 30.4 Å². The van der Waals surface area contributed by atoms with Crippen molar-refractivity contribution in [2.45, 2.75) is 38.0 Å². The molecule has 0 saturated heterocycles. The van der Waals surface area contributed by atoms with E-state index >= 15 is 0 Å². The highest BCUT2D eigenvalue weighted by Gasteiger charge is 2.52. The lowest BCUT2D eigenvalue weighted by molar-refractivity contribution is 0.102. The third kappa shape index (κ3) is 1.43. The minimum atomic E-state index is -2.21. The lowest BCUT2D eigenvalue weighted by Crippen LogP contribution is -2.17. The lowest BCUT2D eigenvalue weighted by Gasteiger charge is -2.14. The largest absolute Gasteiger partial charge is 0.248 e. The van der Waals surface area contributed by atoms with E-state index in [9.17, 15) is 8.78 Å². The Balaban J connectivity index is 2.25. The van der Waals surface area contributed by atoms with Crippen LogP contribution in [0.1, 0.15) is 30.9 Å². The van der Waals surface area contributed by atoms with Crippen molar-refractivity contribution in [3.8, 4) is 0 Å². The van der Waals surface area contributed by atoms with Gasteiger partial charge in [0.1, 0.15) is 0 Å². The van der Waals surface area contributed by atoms with Crippen molar-refractivity contribution < 1.29 is 8.78 Å². The van der Waals surface area contributed by atoms with Crippen LogP contribution in [0.4, 0.5) is 8.78 Å². The fourth-order valence-corrected chi connectivity index (χ4v) is 1.84. The van der Waals surface area contributed by atoms with Crippen LogP contribution in [-0.4, -0.2) is 6.43 Å². The molecule has 0 radical (unpaired) electrons. The maximum Gasteiger partial charge on any atom is 0.248 e. The first-order chi connectivity index (χ1) is 6.69. The van der Waals surface area contributed by atoms with Gasteiger partial charge in [0.15, 0.2) is 0 Å². The predicted molar refractivity (Wildman–Crippen MR) is 52.7 cm³/mol. The summed E-state index contributed by atoms with van der Waals surface area (Å²) >= 11 is 0. The summed E-state index contributed by atoms with van der Waals surface area (Å²) in [6, 6.07) is 7.63. The second-order valence-corrected chi connectivity index (χ2v) is 4.01. The van der Waals surface area contributed by atoms with Gasteiger partial charge in [0.25, 0.3) is 0 Å². The van der Waals surface area contributed by atoms with Crippen LogP contribution in [0.5, 0.6) is 0 Å². The van der Waals surface area contributed by atoms with E-state index in [0.717, 1.165) is 12.0 Å². The topological polar surface area (TPSA) is 0 Å². The Morgan fingerprint density at radius 1 is 1.21 bits per heavy atom. The standard InChI is InChI=1S/C12H14F2/c1-2-9-3-5-10(6-4-9)12(7-8-12)11(13)14/h3-6,11H,2,7-8H2,1H3. The second kappa shape index (κ2) is 3.34. The summed E-state index contributed by atoms with van der Waals surface area (Å²) in [5.41, 5.74) is 1.22. The van der Waals surface area contributed by atoms with E-state index in [2.05, 4.69) is 6.92 Å². The molecular formula is C12H14F2. The van der Waals surface area contributed by atoms with Crippen LogP contribution in [0.3, 0.4) is 0 Å².